The zero-order valence-corrected chi connectivity index (χ0v) is 21.0. The second-order valence-corrected chi connectivity index (χ2v) is 8.99. The van der Waals surface area contributed by atoms with Gasteiger partial charge in [0.1, 0.15) is 0 Å². The van der Waals surface area contributed by atoms with Crippen LogP contribution in [0.5, 0.6) is 0 Å². The summed E-state index contributed by atoms with van der Waals surface area (Å²) in [6, 6.07) is 11.6. The highest BCUT2D eigenvalue weighted by molar-refractivity contribution is 5.72. The number of rotatable bonds is 7. The number of carbonyl (C=O) groups is 1. The van der Waals surface area contributed by atoms with E-state index in [1.54, 1.807) is 23.1 Å². The highest BCUT2D eigenvalue weighted by Gasteiger charge is 2.17. The maximum Gasteiger partial charge on any atom is 0.402 e. The first-order chi connectivity index (χ1) is 19.0. The summed E-state index contributed by atoms with van der Waals surface area (Å²) in [6.07, 6.45) is 10.6. The number of nitrogens with one attached hydrogen (secondary N) is 1. The average Bonchev–Trinajstić information content (AvgIpc) is 3.70. The molecule has 6 rings (SSSR count). The van der Waals surface area contributed by atoms with E-state index in [4.69, 9.17) is 9.90 Å². The summed E-state index contributed by atoms with van der Waals surface area (Å²) in [5.41, 5.74) is 8.10. The Bertz CT molecular complexity index is 1610. The van der Waals surface area contributed by atoms with Crippen LogP contribution in [0.4, 0.5) is 10.7 Å². The number of primary amides is 1. The molecule has 1 aliphatic carbocycles. The van der Waals surface area contributed by atoms with E-state index in [2.05, 4.69) is 41.5 Å². The fraction of sp³-hybridized carbons (Fsp3) is 0.280. The third-order valence-electron chi connectivity index (χ3n) is 6.29. The molecule has 1 saturated carbocycles. The van der Waals surface area contributed by atoms with Crippen molar-refractivity contribution in [3.8, 4) is 16.8 Å². The second kappa shape index (κ2) is 11.5. The van der Waals surface area contributed by atoms with Crippen LogP contribution in [0.25, 0.3) is 28.0 Å². The third kappa shape index (κ3) is 6.23. The summed E-state index contributed by atoms with van der Waals surface area (Å²) >= 11 is 0. The van der Waals surface area contributed by atoms with Crippen LogP contribution in [0.2, 0.25) is 0 Å². The van der Waals surface area contributed by atoms with Crippen molar-refractivity contribution in [2.24, 2.45) is 5.73 Å². The number of nitrogens with zero attached hydrogens (tertiary/aromatic N) is 9. The molecule has 0 unspecified atom stereocenters. The van der Waals surface area contributed by atoms with Gasteiger partial charge in [0, 0.05) is 30.1 Å². The first kappa shape index (κ1) is 25.5. The van der Waals surface area contributed by atoms with Crippen LogP contribution in [-0.2, 0) is 13.1 Å². The van der Waals surface area contributed by atoms with E-state index in [0.29, 0.717) is 36.2 Å². The highest BCUT2D eigenvalue weighted by Crippen LogP contribution is 2.23. The number of benzene rings is 1. The number of anilines is 1. The predicted molar refractivity (Wildman–Crippen MR) is 142 cm³/mol. The molecule has 1 fully saturated rings. The molecule has 0 bridgehead atoms. The van der Waals surface area contributed by atoms with Crippen LogP contribution in [0.3, 0.4) is 0 Å². The molecular weight excluding hydrogens is 502 g/mol. The molecule has 14 nitrogen and oxygen atoms in total. The normalized spacial score (nSPS) is 13.2. The number of hydrogen-bond donors (Lipinski definition) is 3. The van der Waals surface area contributed by atoms with Gasteiger partial charge < -0.3 is 16.2 Å². The Balaban J connectivity index is 0.000000723. The minimum absolute atomic E-state index is 0.122. The maximum atomic E-state index is 11.8. The second-order valence-electron chi connectivity index (χ2n) is 8.99. The molecule has 1 amide bonds. The van der Waals surface area contributed by atoms with Crippen LogP contribution in [0.1, 0.15) is 25.7 Å². The molecule has 200 valence electrons. The fourth-order valence-electron chi connectivity index (χ4n) is 4.41. The standard InChI is InChI=1S/C24H24N10O.CH3NO2/c35-22-6-3-11-26-33(22)13-12-32-16-18(14-27-32)17-7-9-20(10-8-17)34-23-21(30-31-34)15-25-24(29-23)28-19-4-1-2-5-19;2-1(3)4/h3,6-11,14-16,19H,1-2,4-5,12-13H2,(H,25,28,29);2H2,(H,3,4). The lowest BCUT2D eigenvalue weighted by atomic mass is 10.1. The van der Waals surface area contributed by atoms with E-state index in [-0.39, 0.29) is 5.56 Å². The maximum absolute atomic E-state index is 11.8. The number of nitrogens with two attached hydrogens (primary N) is 1. The summed E-state index contributed by atoms with van der Waals surface area (Å²) in [6.45, 7) is 1.01. The van der Waals surface area contributed by atoms with Crippen LogP contribution in [0, 0.1) is 0 Å². The van der Waals surface area contributed by atoms with Gasteiger partial charge in [0.25, 0.3) is 5.56 Å². The lowest BCUT2D eigenvalue weighted by Crippen LogP contribution is -2.23. The molecule has 14 heteroatoms. The topological polar surface area (TPSA) is 185 Å². The Labute approximate surface area is 222 Å². The lowest BCUT2D eigenvalue weighted by molar-refractivity contribution is 0.205. The van der Waals surface area contributed by atoms with E-state index < -0.39 is 6.09 Å². The Morgan fingerprint density at radius 3 is 2.56 bits per heavy atom. The predicted octanol–water partition coefficient (Wildman–Crippen LogP) is 2.31. The first-order valence-electron chi connectivity index (χ1n) is 12.4. The van der Waals surface area contributed by atoms with E-state index in [0.717, 1.165) is 29.7 Å². The molecule has 4 aromatic heterocycles. The van der Waals surface area contributed by atoms with Crippen molar-refractivity contribution < 1.29 is 9.90 Å². The summed E-state index contributed by atoms with van der Waals surface area (Å²) in [7, 11) is 0. The summed E-state index contributed by atoms with van der Waals surface area (Å²) in [4.78, 5) is 29.7. The van der Waals surface area contributed by atoms with E-state index in [1.165, 1.54) is 23.6 Å². The molecular formula is C25H27N11O3. The Morgan fingerprint density at radius 1 is 1.05 bits per heavy atom. The van der Waals surface area contributed by atoms with Crippen molar-refractivity contribution in [1.82, 2.24) is 44.5 Å². The highest BCUT2D eigenvalue weighted by atomic mass is 16.4. The van der Waals surface area contributed by atoms with Gasteiger partial charge in [-0.2, -0.15) is 19.9 Å². The number of carboxylic acid groups (broad SMARTS) is 1. The van der Waals surface area contributed by atoms with Crippen molar-refractivity contribution in [2.75, 3.05) is 5.32 Å². The Kier molecular flexibility index (Phi) is 7.52. The zero-order valence-electron chi connectivity index (χ0n) is 21.0. The molecule has 4 heterocycles. The molecule has 0 aliphatic heterocycles. The molecule has 5 aromatic rings. The van der Waals surface area contributed by atoms with E-state index in [1.807, 2.05) is 41.3 Å². The molecule has 1 aromatic carbocycles. The quantitative estimate of drug-likeness (QED) is 0.282. The summed E-state index contributed by atoms with van der Waals surface area (Å²) in [5, 5.41) is 27.6. The van der Waals surface area contributed by atoms with Gasteiger partial charge in [0.2, 0.25) is 5.95 Å². The fourth-order valence-corrected chi connectivity index (χ4v) is 4.41. The van der Waals surface area contributed by atoms with Crippen molar-refractivity contribution in [3.63, 3.8) is 0 Å². The number of fused-ring (bicyclic) bond motifs is 1. The molecule has 4 N–H and O–H groups in total. The average molecular weight is 530 g/mol. The summed E-state index contributed by atoms with van der Waals surface area (Å²) in [5.74, 6) is 0.616. The number of amides is 1. The monoisotopic (exact) mass is 529 g/mol. The first-order valence-corrected chi connectivity index (χ1v) is 12.4. The zero-order chi connectivity index (χ0) is 27.2. The van der Waals surface area contributed by atoms with Crippen molar-refractivity contribution in [3.05, 3.63) is 71.5 Å². The molecule has 0 saturated heterocycles. The molecule has 1 aliphatic rings. The van der Waals surface area contributed by atoms with E-state index >= 15 is 0 Å². The molecule has 0 spiro atoms. The van der Waals surface area contributed by atoms with Gasteiger partial charge in [-0.05, 0) is 36.6 Å². The van der Waals surface area contributed by atoms with Crippen molar-refractivity contribution >= 4 is 23.2 Å². The van der Waals surface area contributed by atoms with Crippen LogP contribution in [-0.4, -0.2) is 61.8 Å². The smallest absolute Gasteiger partial charge is 0.402 e. The van der Waals surface area contributed by atoms with Crippen LogP contribution >= 0.6 is 0 Å². The molecule has 0 radical (unpaired) electrons. The van der Waals surface area contributed by atoms with Crippen molar-refractivity contribution in [1.29, 1.82) is 0 Å². The van der Waals surface area contributed by atoms with Gasteiger partial charge in [-0.1, -0.05) is 30.2 Å². The van der Waals surface area contributed by atoms with Gasteiger partial charge in [0.15, 0.2) is 11.2 Å². The van der Waals surface area contributed by atoms with Crippen LogP contribution in [0.15, 0.2) is 66.0 Å². The van der Waals surface area contributed by atoms with Gasteiger partial charge >= 0.3 is 6.09 Å². The SMILES string of the molecule is NC(=O)O.O=c1cccnn1CCn1cc(-c2ccc(-n3nnc4cnc(NC5CCCC5)nc43)cc2)cn1. The minimum Gasteiger partial charge on any atom is -0.465 e. The van der Waals surface area contributed by atoms with Gasteiger partial charge in [-0.3, -0.25) is 9.48 Å². The Morgan fingerprint density at radius 2 is 1.82 bits per heavy atom. The minimum atomic E-state index is -1.33. The largest absolute Gasteiger partial charge is 0.465 e. The van der Waals surface area contributed by atoms with Gasteiger partial charge in [-0.15, -0.1) is 5.10 Å². The molecule has 0 atom stereocenters. The van der Waals surface area contributed by atoms with E-state index in [9.17, 15) is 4.79 Å². The Hall–Kier alpha value is -5.14. The number of aromatic nitrogens is 9. The summed E-state index contributed by atoms with van der Waals surface area (Å²) < 4.78 is 4.97. The lowest BCUT2D eigenvalue weighted by Gasteiger charge is -2.11. The van der Waals surface area contributed by atoms with Gasteiger partial charge in [0.05, 0.1) is 31.2 Å². The van der Waals surface area contributed by atoms with Crippen molar-refractivity contribution in [2.45, 2.75) is 44.8 Å². The number of hydrogen-bond acceptors (Lipinski definition) is 9. The molecule has 39 heavy (non-hydrogen) atoms. The third-order valence-corrected chi connectivity index (χ3v) is 6.29. The van der Waals surface area contributed by atoms with Crippen LogP contribution < -0.4 is 16.6 Å². The van der Waals surface area contributed by atoms with Gasteiger partial charge in [-0.25, -0.2) is 14.5 Å². The number of aryl methyl sites for hydroxylation is 2.